The quantitative estimate of drug-likeness (QED) is 0.146. The van der Waals surface area contributed by atoms with Crippen molar-refractivity contribution >= 4 is 17.9 Å². The minimum atomic E-state index is -1.18. The van der Waals surface area contributed by atoms with Gasteiger partial charge in [-0.05, 0) is 34.6 Å². The van der Waals surface area contributed by atoms with E-state index in [1.165, 1.54) is 20.8 Å². The predicted molar refractivity (Wildman–Crippen MR) is 137 cm³/mol. The summed E-state index contributed by atoms with van der Waals surface area (Å²) in [4.78, 5) is 29.6. The maximum atomic E-state index is 9.86. The Morgan fingerprint density at radius 1 is 0.472 bits per heavy atom. The second-order valence-corrected chi connectivity index (χ2v) is 6.41. The number of carbonyl (C=O) groups is 3. The first kappa shape index (κ1) is 49.8. The average Bonchev–Trinajstić information content (AvgIpc) is 2.82. The molecular formula is C22H44N4O10. The number of nitrogens with two attached hydrogens (primary N) is 4. The van der Waals surface area contributed by atoms with Gasteiger partial charge < -0.3 is 58.7 Å². The zero-order chi connectivity index (χ0) is 31.4. The molecule has 0 aromatic carbocycles. The lowest BCUT2D eigenvalue weighted by molar-refractivity contribution is -0.141. The van der Waals surface area contributed by atoms with Gasteiger partial charge in [0.05, 0.1) is 24.4 Å². The van der Waals surface area contributed by atoms with Crippen molar-refractivity contribution in [1.82, 2.24) is 0 Å². The summed E-state index contributed by atoms with van der Waals surface area (Å²) in [7, 11) is 0. The molecule has 0 saturated heterocycles. The lowest BCUT2D eigenvalue weighted by atomic mass is 10.2. The van der Waals surface area contributed by atoms with Crippen molar-refractivity contribution in [2.75, 3.05) is 0 Å². The van der Waals surface area contributed by atoms with Gasteiger partial charge in [-0.15, -0.1) is 38.5 Å². The first-order valence-electron chi connectivity index (χ1n) is 9.74. The highest BCUT2D eigenvalue weighted by atomic mass is 16.4. The fraction of sp³-hybridized carbons (Fsp3) is 0.591. The van der Waals surface area contributed by atoms with Crippen LogP contribution in [-0.4, -0.2) is 102 Å². The number of aliphatic hydroxyl groups is 4. The van der Waals surface area contributed by atoms with E-state index in [-0.39, 0.29) is 12.1 Å². The molecule has 0 rings (SSSR count). The van der Waals surface area contributed by atoms with Gasteiger partial charge in [-0.2, -0.15) is 0 Å². The molecule has 8 atom stereocenters. The summed E-state index contributed by atoms with van der Waals surface area (Å²) >= 11 is 0. The first-order chi connectivity index (χ1) is 16.3. The molecule has 14 heteroatoms. The van der Waals surface area contributed by atoms with E-state index in [9.17, 15) is 14.4 Å². The number of terminal acetylenes is 3. The van der Waals surface area contributed by atoms with Crippen LogP contribution in [0.25, 0.3) is 0 Å². The molecule has 0 spiro atoms. The second kappa shape index (κ2) is 33.9. The summed E-state index contributed by atoms with van der Waals surface area (Å²) in [6.45, 7) is 7.44. The summed E-state index contributed by atoms with van der Waals surface area (Å²) in [5, 5.41) is 58.2. The number of hydrogen-bond acceptors (Lipinski definition) is 11. The minimum Gasteiger partial charge on any atom is -0.480 e. The van der Waals surface area contributed by atoms with Crippen molar-refractivity contribution in [3.63, 3.8) is 0 Å². The molecule has 0 aliphatic rings. The molecule has 212 valence electrons. The number of carboxylic acids is 3. The van der Waals surface area contributed by atoms with Crippen LogP contribution in [0.1, 0.15) is 34.6 Å². The number of aliphatic carboxylic acids is 3. The van der Waals surface area contributed by atoms with E-state index in [1.807, 2.05) is 0 Å². The standard InChI is InChI=1S/3C4H9NO3.C4H11NO.3C2H2/c3*1-2(6)3(5)4(7)8;1-3(5)4(2)6;3*1-2/h3*2-3,6H,5H2,1H3,(H,7,8);3-4,6H,5H2,1-2H3;3*1-2H/t2-,3+;2*2-,3-;3-,4?;;;/m1111.../s1. The Labute approximate surface area is 213 Å². The Bertz CT molecular complexity index is 512. The third kappa shape index (κ3) is 44.4. The van der Waals surface area contributed by atoms with Crippen LogP contribution < -0.4 is 22.9 Å². The van der Waals surface area contributed by atoms with Crippen LogP contribution >= 0.6 is 0 Å². The van der Waals surface area contributed by atoms with E-state index in [4.69, 9.17) is 58.7 Å². The molecule has 0 bridgehead atoms. The zero-order valence-electron chi connectivity index (χ0n) is 21.2. The van der Waals surface area contributed by atoms with Gasteiger partial charge in [-0.3, -0.25) is 14.4 Å². The average molecular weight is 525 g/mol. The monoisotopic (exact) mass is 524 g/mol. The largest absolute Gasteiger partial charge is 0.480 e. The van der Waals surface area contributed by atoms with E-state index in [0.717, 1.165) is 0 Å². The molecule has 0 saturated carbocycles. The van der Waals surface area contributed by atoms with Crippen LogP contribution in [0.2, 0.25) is 0 Å². The molecule has 0 aliphatic carbocycles. The molecule has 0 aromatic rings. The number of rotatable bonds is 7. The summed E-state index contributed by atoms with van der Waals surface area (Å²) in [5.74, 6) is -3.54. The Morgan fingerprint density at radius 2 is 0.583 bits per heavy atom. The molecular weight excluding hydrogens is 480 g/mol. The summed E-state index contributed by atoms with van der Waals surface area (Å²) in [5.41, 5.74) is 19.9. The van der Waals surface area contributed by atoms with Crippen LogP contribution in [0.5, 0.6) is 0 Å². The van der Waals surface area contributed by atoms with Crippen molar-refractivity contribution in [3.05, 3.63) is 0 Å². The van der Waals surface area contributed by atoms with Crippen LogP contribution in [-0.2, 0) is 14.4 Å². The van der Waals surface area contributed by atoms with Crippen molar-refractivity contribution in [2.24, 2.45) is 22.9 Å². The van der Waals surface area contributed by atoms with Crippen LogP contribution in [0.4, 0.5) is 0 Å². The maximum absolute atomic E-state index is 9.86. The molecule has 0 radical (unpaired) electrons. The third-order valence-electron chi connectivity index (χ3n) is 3.18. The van der Waals surface area contributed by atoms with E-state index in [2.05, 4.69) is 38.5 Å². The van der Waals surface area contributed by atoms with Crippen molar-refractivity contribution in [1.29, 1.82) is 0 Å². The Morgan fingerprint density at radius 3 is 0.583 bits per heavy atom. The van der Waals surface area contributed by atoms with E-state index in [0.29, 0.717) is 0 Å². The highest BCUT2D eigenvalue weighted by molar-refractivity contribution is 5.74. The summed E-state index contributed by atoms with van der Waals surface area (Å²) < 4.78 is 0. The van der Waals surface area contributed by atoms with Crippen LogP contribution in [0.3, 0.4) is 0 Å². The van der Waals surface area contributed by atoms with Gasteiger partial charge in [-0.1, -0.05) is 0 Å². The predicted octanol–water partition coefficient (Wildman–Crippen LogP) is -3.20. The van der Waals surface area contributed by atoms with Gasteiger partial charge in [0.25, 0.3) is 0 Å². The SMILES string of the molecule is C#C.C#C.C#C.CC(O)[C@@H](C)N.C[C@@H](O)[C@@H](N)C(=O)O.C[C@@H](O)[C@@H](N)C(=O)O.C[C@@H](O)[C@H](N)C(=O)O. The van der Waals surface area contributed by atoms with Crippen molar-refractivity contribution in [3.8, 4) is 38.5 Å². The van der Waals surface area contributed by atoms with Gasteiger partial charge in [-0.25, -0.2) is 0 Å². The van der Waals surface area contributed by atoms with Gasteiger partial charge in [0.2, 0.25) is 0 Å². The topological polar surface area (TPSA) is 297 Å². The Hall–Kier alpha value is -3.23. The maximum Gasteiger partial charge on any atom is 0.323 e. The van der Waals surface area contributed by atoms with E-state index < -0.39 is 54.3 Å². The normalized spacial score (nSPS) is 15.1. The minimum absolute atomic E-state index is 0.0926. The zero-order valence-corrected chi connectivity index (χ0v) is 21.2. The molecule has 1 unspecified atom stereocenters. The molecule has 36 heavy (non-hydrogen) atoms. The number of carboxylic acid groups (broad SMARTS) is 3. The van der Waals surface area contributed by atoms with Crippen molar-refractivity contribution < 1.29 is 50.1 Å². The van der Waals surface area contributed by atoms with E-state index in [1.54, 1.807) is 13.8 Å². The molecule has 0 aromatic heterocycles. The Balaban J connectivity index is -0.0000000583. The lowest BCUT2D eigenvalue weighted by Gasteiger charge is -2.07. The number of aliphatic hydroxyl groups excluding tert-OH is 4. The highest BCUT2D eigenvalue weighted by Crippen LogP contribution is 1.87. The second-order valence-electron chi connectivity index (χ2n) is 6.41. The summed E-state index contributed by atoms with van der Waals surface area (Å²) in [6.07, 6.45) is 20.7. The van der Waals surface area contributed by atoms with Gasteiger partial charge in [0.15, 0.2) is 0 Å². The number of hydrogen-bond donors (Lipinski definition) is 11. The van der Waals surface area contributed by atoms with Gasteiger partial charge in [0.1, 0.15) is 18.1 Å². The fourth-order valence-corrected chi connectivity index (χ4v) is 0.619. The molecule has 15 N–H and O–H groups in total. The molecule has 0 heterocycles. The summed E-state index contributed by atoms with van der Waals surface area (Å²) in [6, 6.07) is -3.56. The smallest absolute Gasteiger partial charge is 0.323 e. The Kier molecular flexibility index (Phi) is 47.0. The van der Waals surface area contributed by atoms with Crippen molar-refractivity contribution in [2.45, 2.75) is 83.2 Å². The molecule has 0 aliphatic heterocycles. The van der Waals surface area contributed by atoms with E-state index >= 15 is 0 Å². The first-order valence-corrected chi connectivity index (χ1v) is 9.74. The third-order valence-corrected chi connectivity index (χ3v) is 3.18. The van der Waals surface area contributed by atoms with Gasteiger partial charge in [0, 0.05) is 6.04 Å². The highest BCUT2D eigenvalue weighted by Gasteiger charge is 2.17. The molecule has 0 amide bonds. The molecule has 0 fully saturated rings. The van der Waals surface area contributed by atoms with Crippen LogP contribution in [0.15, 0.2) is 0 Å². The lowest BCUT2D eigenvalue weighted by Crippen LogP contribution is -2.39. The fourth-order valence-electron chi connectivity index (χ4n) is 0.619. The van der Waals surface area contributed by atoms with Crippen LogP contribution in [0, 0.1) is 38.5 Å². The van der Waals surface area contributed by atoms with Gasteiger partial charge >= 0.3 is 17.9 Å². The molecule has 14 nitrogen and oxygen atoms in total.